The molecule has 2 aromatic rings. The van der Waals surface area contributed by atoms with Crippen LogP contribution in [0.4, 0.5) is 0 Å². The fourth-order valence-electron chi connectivity index (χ4n) is 2.07. The molecule has 26 heavy (non-hydrogen) atoms. The molecule has 0 unspecified atom stereocenters. The molecule has 0 radical (unpaired) electrons. The van der Waals surface area contributed by atoms with Gasteiger partial charge < -0.3 is 14.6 Å². The van der Waals surface area contributed by atoms with E-state index >= 15 is 0 Å². The molecule has 0 amide bonds. The number of ether oxygens (including phenoxy) is 2. The van der Waals surface area contributed by atoms with E-state index in [0.29, 0.717) is 22.2 Å². The molecule has 0 fully saturated rings. The van der Waals surface area contributed by atoms with Crippen molar-refractivity contribution in [1.29, 1.82) is 0 Å². The SMILES string of the molecule is C#CCOc1ccc(/C=C(\Sc2n[nH]c(CCC)n2)C(=O)O)cc1OC. The van der Waals surface area contributed by atoms with Gasteiger partial charge >= 0.3 is 5.97 Å². The van der Waals surface area contributed by atoms with Crippen LogP contribution in [-0.4, -0.2) is 40.0 Å². The first-order valence-corrected chi connectivity index (χ1v) is 8.67. The molecule has 1 aromatic carbocycles. The number of carboxylic acid groups (broad SMARTS) is 1. The molecule has 0 saturated heterocycles. The molecule has 0 spiro atoms. The number of carboxylic acids is 1. The maximum atomic E-state index is 11.6. The van der Waals surface area contributed by atoms with E-state index in [-0.39, 0.29) is 11.5 Å². The fraction of sp³-hybridized carbons (Fsp3) is 0.278. The third kappa shape index (κ3) is 5.29. The van der Waals surface area contributed by atoms with Crippen LogP contribution in [0.15, 0.2) is 28.3 Å². The number of thioether (sulfide) groups is 1. The van der Waals surface area contributed by atoms with Gasteiger partial charge in [-0.05, 0) is 42.0 Å². The Bertz CT molecular complexity index is 839. The van der Waals surface area contributed by atoms with E-state index in [4.69, 9.17) is 15.9 Å². The van der Waals surface area contributed by atoms with Crippen molar-refractivity contribution in [3.05, 3.63) is 34.5 Å². The summed E-state index contributed by atoms with van der Waals surface area (Å²) in [6.07, 6.45) is 8.39. The first kappa shape index (κ1) is 19.4. The summed E-state index contributed by atoms with van der Waals surface area (Å²) in [7, 11) is 1.50. The zero-order chi connectivity index (χ0) is 18.9. The number of H-pyrrole nitrogens is 1. The summed E-state index contributed by atoms with van der Waals surface area (Å²) in [4.78, 5) is 15.9. The third-order valence-corrected chi connectivity index (χ3v) is 4.08. The molecule has 7 nitrogen and oxygen atoms in total. The molecule has 8 heteroatoms. The van der Waals surface area contributed by atoms with Gasteiger partial charge in [-0.15, -0.1) is 11.5 Å². The zero-order valence-corrected chi connectivity index (χ0v) is 15.3. The lowest BCUT2D eigenvalue weighted by atomic mass is 10.2. The number of aromatic nitrogens is 3. The number of aliphatic carboxylic acids is 1. The third-order valence-electron chi connectivity index (χ3n) is 3.21. The van der Waals surface area contributed by atoms with Crippen LogP contribution in [0.2, 0.25) is 0 Å². The van der Waals surface area contributed by atoms with E-state index < -0.39 is 5.97 Å². The van der Waals surface area contributed by atoms with Gasteiger partial charge in [0.05, 0.1) is 7.11 Å². The summed E-state index contributed by atoms with van der Waals surface area (Å²) < 4.78 is 10.6. The second-order valence-corrected chi connectivity index (χ2v) is 6.14. The summed E-state index contributed by atoms with van der Waals surface area (Å²) in [6, 6.07) is 5.08. The van der Waals surface area contributed by atoms with Gasteiger partial charge in [0.15, 0.2) is 11.5 Å². The number of carbonyl (C=O) groups is 1. The fourth-order valence-corrected chi connectivity index (χ4v) is 2.80. The Morgan fingerprint density at radius 1 is 1.46 bits per heavy atom. The van der Waals surface area contributed by atoms with Crippen LogP contribution in [0.3, 0.4) is 0 Å². The standard InChI is InChI=1S/C18H19N3O4S/c1-4-6-16-19-18(21-20-16)26-15(17(22)23)11-12-7-8-13(25-9-5-2)14(10-12)24-3/h2,7-8,10-11H,4,6,9H2,1,3H3,(H,22,23)(H,19,20,21)/b15-11-. The first-order chi connectivity index (χ1) is 12.6. The molecular weight excluding hydrogens is 354 g/mol. The van der Waals surface area contributed by atoms with Gasteiger partial charge in [0.25, 0.3) is 0 Å². The number of nitrogens with zero attached hydrogens (tertiary/aromatic N) is 2. The minimum Gasteiger partial charge on any atom is -0.493 e. The quantitative estimate of drug-likeness (QED) is 0.396. The van der Waals surface area contributed by atoms with Crippen molar-refractivity contribution in [1.82, 2.24) is 15.2 Å². The molecule has 2 N–H and O–H groups in total. The average Bonchev–Trinajstić information content (AvgIpc) is 3.07. The molecule has 0 bridgehead atoms. The van der Waals surface area contributed by atoms with Crippen molar-refractivity contribution >= 4 is 23.8 Å². The van der Waals surface area contributed by atoms with Crippen molar-refractivity contribution in [3.63, 3.8) is 0 Å². The van der Waals surface area contributed by atoms with E-state index in [1.165, 1.54) is 13.2 Å². The van der Waals surface area contributed by atoms with Crippen molar-refractivity contribution in [3.8, 4) is 23.8 Å². The van der Waals surface area contributed by atoms with Gasteiger partial charge in [-0.1, -0.05) is 18.9 Å². The van der Waals surface area contributed by atoms with Crippen LogP contribution in [0.5, 0.6) is 11.5 Å². The lowest BCUT2D eigenvalue weighted by molar-refractivity contribution is -0.131. The van der Waals surface area contributed by atoms with Crippen molar-refractivity contribution in [2.45, 2.75) is 24.9 Å². The Hall–Kier alpha value is -2.92. The normalized spacial score (nSPS) is 11.0. The molecule has 0 aliphatic rings. The van der Waals surface area contributed by atoms with Crippen LogP contribution in [0.25, 0.3) is 6.08 Å². The van der Waals surface area contributed by atoms with Gasteiger partial charge in [-0.2, -0.15) is 0 Å². The number of aromatic amines is 1. The molecule has 2 rings (SSSR count). The maximum Gasteiger partial charge on any atom is 0.342 e. The minimum atomic E-state index is -1.07. The van der Waals surface area contributed by atoms with Gasteiger partial charge in [0.1, 0.15) is 17.3 Å². The topological polar surface area (TPSA) is 97.3 Å². The molecule has 0 aliphatic carbocycles. The van der Waals surface area contributed by atoms with Gasteiger partial charge in [0, 0.05) is 6.42 Å². The van der Waals surface area contributed by atoms with Crippen molar-refractivity contribution in [2.75, 3.05) is 13.7 Å². The highest BCUT2D eigenvalue weighted by atomic mass is 32.2. The maximum absolute atomic E-state index is 11.6. The van der Waals surface area contributed by atoms with Crippen molar-refractivity contribution < 1.29 is 19.4 Å². The molecule has 1 heterocycles. The molecule has 136 valence electrons. The number of methoxy groups -OCH3 is 1. The Balaban J connectivity index is 2.24. The zero-order valence-electron chi connectivity index (χ0n) is 14.5. The smallest absolute Gasteiger partial charge is 0.342 e. The molecule has 0 aliphatic heterocycles. The number of benzene rings is 1. The van der Waals surface area contributed by atoms with Crippen LogP contribution < -0.4 is 9.47 Å². The van der Waals surface area contributed by atoms with Crippen LogP contribution >= 0.6 is 11.8 Å². The minimum absolute atomic E-state index is 0.0893. The predicted molar refractivity (Wildman–Crippen MR) is 99.2 cm³/mol. The highest BCUT2D eigenvalue weighted by Gasteiger charge is 2.14. The monoisotopic (exact) mass is 373 g/mol. The number of nitrogens with one attached hydrogen (secondary N) is 1. The van der Waals surface area contributed by atoms with E-state index in [1.54, 1.807) is 18.2 Å². The summed E-state index contributed by atoms with van der Waals surface area (Å²) in [6.45, 7) is 2.15. The van der Waals surface area contributed by atoms with Gasteiger partial charge in [-0.25, -0.2) is 9.78 Å². The number of hydrogen-bond donors (Lipinski definition) is 2. The summed E-state index contributed by atoms with van der Waals surface area (Å²) in [5, 5.41) is 16.7. The number of rotatable bonds is 9. The summed E-state index contributed by atoms with van der Waals surface area (Å²) in [5.41, 5.74) is 0.643. The summed E-state index contributed by atoms with van der Waals surface area (Å²) >= 11 is 0.979. The first-order valence-electron chi connectivity index (χ1n) is 7.85. The van der Waals surface area contributed by atoms with Crippen LogP contribution in [0, 0.1) is 12.3 Å². The summed E-state index contributed by atoms with van der Waals surface area (Å²) in [5.74, 6) is 3.00. The Morgan fingerprint density at radius 3 is 2.92 bits per heavy atom. The highest BCUT2D eigenvalue weighted by molar-refractivity contribution is 8.04. The van der Waals surface area contributed by atoms with E-state index in [0.717, 1.165) is 30.4 Å². The molecular formula is C18H19N3O4S. The largest absolute Gasteiger partial charge is 0.493 e. The van der Waals surface area contributed by atoms with Gasteiger partial charge in [-0.3, -0.25) is 5.10 Å². The molecule has 0 atom stereocenters. The average molecular weight is 373 g/mol. The Kier molecular flexibility index (Phi) is 7.12. The molecule has 0 saturated carbocycles. The van der Waals surface area contributed by atoms with Crippen LogP contribution in [-0.2, 0) is 11.2 Å². The van der Waals surface area contributed by atoms with E-state index in [9.17, 15) is 9.90 Å². The van der Waals surface area contributed by atoms with Crippen molar-refractivity contribution in [2.24, 2.45) is 0 Å². The second kappa shape index (κ2) is 9.53. The highest BCUT2D eigenvalue weighted by Crippen LogP contribution is 2.31. The lowest BCUT2D eigenvalue weighted by Gasteiger charge is -2.09. The van der Waals surface area contributed by atoms with Gasteiger partial charge in [0.2, 0.25) is 5.16 Å². The number of aryl methyl sites for hydroxylation is 1. The van der Waals surface area contributed by atoms with Crippen LogP contribution in [0.1, 0.15) is 24.7 Å². The number of hydrogen-bond acceptors (Lipinski definition) is 6. The number of terminal acetylenes is 1. The van der Waals surface area contributed by atoms with E-state index in [1.807, 2.05) is 6.92 Å². The second-order valence-electron chi connectivity index (χ2n) is 5.13. The molecule has 1 aromatic heterocycles. The Labute approximate surface area is 155 Å². The predicted octanol–water partition coefficient (Wildman–Crippen LogP) is 3.00. The lowest BCUT2D eigenvalue weighted by Crippen LogP contribution is -1.99. The Morgan fingerprint density at radius 2 is 2.27 bits per heavy atom. The van der Waals surface area contributed by atoms with E-state index in [2.05, 4.69) is 21.1 Å².